The number of carbonyl (C=O) groups excluding carboxylic acids is 1. The summed E-state index contributed by atoms with van der Waals surface area (Å²) in [5.74, 6) is 0.904. The summed E-state index contributed by atoms with van der Waals surface area (Å²) in [7, 11) is 0. The van der Waals surface area contributed by atoms with Crippen LogP contribution in [0.1, 0.15) is 18.9 Å². The van der Waals surface area contributed by atoms with E-state index < -0.39 is 5.25 Å². The van der Waals surface area contributed by atoms with Gasteiger partial charge in [-0.3, -0.25) is 14.2 Å². The van der Waals surface area contributed by atoms with E-state index in [9.17, 15) is 9.59 Å². The molecule has 184 valence electrons. The van der Waals surface area contributed by atoms with E-state index >= 15 is 0 Å². The molecule has 1 aliphatic rings. The van der Waals surface area contributed by atoms with Gasteiger partial charge in [-0.2, -0.15) is 0 Å². The van der Waals surface area contributed by atoms with Crippen molar-refractivity contribution >= 4 is 45.9 Å². The van der Waals surface area contributed by atoms with Crippen LogP contribution in [0.3, 0.4) is 0 Å². The molecule has 1 aromatic heterocycles. The zero-order chi connectivity index (χ0) is 25.1. The molecule has 0 unspecified atom stereocenters. The number of carbonyl (C=O) groups is 1. The number of aromatic nitrogens is 2. The van der Waals surface area contributed by atoms with E-state index in [1.54, 1.807) is 41.0 Å². The van der Waals surface area contributed by atoms with Crippen LogP contribution in [0.5, 0.6) is 11.5 Å². The molecule has 7 nitrogen and oxygen atoms in total. The summed E-state index contributed by atoms with van der Waals surface area (Å²) in [6, 6.07) is 20.4. The third-order valence-corrected chi connectivity index (χ3v) is 7.47. The topological polar surface area (TPSA) is 82.5 Å². The molecule has 1 aliphatic heterocycles. The van der Waals surface area contributed by atoms with E-state index in [2.05, 4.69) is 5.32 Å². The second kappa shape index (κ2) is 10.6. The van der Waals surface area contributed by atoms with Crippen LogP contribution < -0.4 is 20.3 Å². The number of fused-ring (bicyclic) bond motifs is 2. The number of amides is 1. The lowest BCUT2D eigenvalue weighted by Crippen LogP contribution is -2.28. The van der Waals surface area contributed by atoms with E-state index in [-0.39, 0.29) is 18.3 Å². The van der Waals surface area contributed by atoms with Gasteiger partial charge in [0.25, 0.3) is 5.56 Å². The number of hydrogen-bond acceptors (Lipinski definition) is 6. The van der Waals surface area contributed by atoms with Gasteiger partial charge in [0.05, 0.1) is 16.2 Å². The van der Waals surface area contributed by atoms with Gasteiger partial charge >= 0.3 is 0 Å². The first-order chi connectivity index (χ1) is 17.5. The molecule has 1 amide bonds. The van der Waals surface area contributed by atoms with Crippen LogP contribution in [0.2, 0.25) is 5.02 Å². The highest BCUT2D eigenvalue weighted by Crippen LogP contribution is 2.35. The number of hydrogen-bond donors (Lipinski definition) is 1. The largest absolute Gasteiger partial charge is 0.454 e. The Morgan fingerprint density at radius 2 is 1.89 bits per heavy atom. The van der Waals surface area contributed by atoms with Crippen LogP contribution in [-0.2, 0) is 17.8 Å². The SMILES string of the molecule is CC[C@H](Sc1nc2cc3c(cc2c(=O)n1CCc1ccccc1)OCO3)C(=O)Nc1cccc(Cl)c1. The third-order valence-electron chi connectivity index (χ3n) is 5.88. The molecule has 0 fully saturated rings. The van der Waals surface area contributed by atoms with Gasteiger partial charge in [-0.05, 0) is 42.7 Å². The highest BCUT2D eigenvalue weighted by molar-refractivity contribution is 8.00. The number of aryl methyl sites for hydroxylation is 1. The first-order valence-corrected chi connectivity index (χ1v) is 12.9. The molecule has 0 saturated carbocycles. The first-order valence-electron chi connectivity index (χ1n) is 11.6. The summed E-state index contributed by atoms with van der Waals surface area (Å²) in [5.41, 5.74) is 2.05. The number of thioether (sulfide) groups is 1. The minimum atomic E-state index is -0.467. The second-order valence-corrected chi connectivity index (χ2v) is 9.93. The van der Waals surface area contributed by atoms with Crippen molar-refractivity contribution in [1.29, 1.82) is 0 Å². The van der Waals surface area contributed by atoms with Gasteiger partial charge < -0.3 is 14.8 Å². The quantitative estimate of drug-likeness (QED) is 0.242. The summed E-state index contributed by atoms with van der Waals surface area (Å²) < 4.78 is 12.6. The standard InChI is InChI=1S/C27H24ClN3O4S/c1-2-24(25(32)29-19-10-6-9-18(28)13-19)36-27-30-21-15-23-22(34-16-35-23)14-20(21)26(33)31(27)12-11-17-7-4-3-5-8-17/h3-10,13-15,24H,2,11-12,16H2,1H3,(H,29,32)/t24-/m0/s1. The molecule has 1 atom stereocenters. The number of nitrogens with one attached hydrogen (secondary N) is 1. The number of anilines is 1. The predicted molar refractivity (Wildman–Crippen MR) is 142 cm³/mol. The maximum absolute atomic E-state index is 13.6. The van der Waals surface area contributed by atoms with Crippen molar-refractivity contribution in [2.24, 2.45) is 0 Å². The Kier molecular flexibility index (Phi) is 7.16. The molecule has 4 aromatic rings. The van der Waals surface area contributed by atoms with E-state index in [0.29, 0.717) is 57.7 Å². The zero-order valence-corrected chi connectivity index (χ0v) is 21.1. The van der Waals surface area contributed by atoms with Crippen molar-refractivity contribution < 1.29 is 14.3 Å². The van der Waals surface area contributed by atoms with E-state index in [1.807, 2.05) is 37.3 Å². The minimum Gasteiger partial charge on any atom is -0.454 e. The fourth-order valence-electron chi connectivity index (χ4n) is 4.00. The highest BCUT2D eigenvalue weighted by atomic mass is 35.5. The molecule has 3 aromatic carbocycles. The van der Waals surface area contributed by atoms with Gasteiger partial charge in [0.15, 0.2) is 16.7 Å². The fourth-order valence-corrected chi connectivity index (χ4v) is 5.23. The third kappa shape index (κ3) is 5.20. The highest BCUT2D eigenvalue weighted by Gasteiger charge is 2.24. The summed E-state index contributed by atoms with van der Waals surface area (Å²) in [5, 5.41) is 3.93. The molecule has 0 radical (unpaired) electrons. The monoisotopic (exact) mass is 521 g/mol. The summed E-state index contributed by atoms with van der Waals surface area (Å²) in [6.45, 7) is 2.46. The Hall–Kier alpha value is -3.49. The van der Waals surface area contributed by atoms with Gasteiger partial charge in [0.1, 0.15) is 0 Å². The molecule has 1 N–H and O–H groups in total. The van der Waals surface area contributed by atoms with E-state index in [4.69, 9.17) is 26.1 Å². The predicted octanol–water partition coefficient (Wildman–Crippen LogP) is 5.53. The molecule has 5 rings (SSSR count). The van der Waals surface area contributed by atoms with E-state index in [0.717, 1.165) is 5.56 Å². The lowest BCUT2D eigenvalue weighted by molar-refractivity contribution is -0.115. The number of benzene rings is 3. The molecule has 9 heteroatoms. The van der Waals surface area contributed by atoms with Crippen molar-refractivity contribution in [2.45, 2.75) is 36.7 Å². The molecule has 0 saturated heterocycles. The van der Waals surface area contributed by atoms with Crippen molar-refractivity contribution in [3.8, 4) is 11.5 Å². The maximum atomic E-state index is 13.6. The minimum absolute atomic E-state index is 0.108. The summed E-state index contributed by atoms with van der Waals surface area (Å²) in [4.78, 5) is 31.6. The smallest absolute Gasteiger partial charge is 0.262 e. The van der Waals surface area contributed by atoms with Crippen LogP contribution in [0, 0.1) is 0 Å². The number of rotatable bonds is 8. The lowest BCUT2D eigenvalue weighted by atomic mass is 10.1. The Labute approximate surface area is 217 Å². The fraction of sp³-hybridized carbons (Fsp3) is 0.222. The van der Waals surface area contributed by atoms with Gasteiger partial charge in [-0.15, -0.1) is 0 Å². The lowest BCUT2D eigenvalue weighted by Gasteiger charge is -2.18. The molecule has 2 heterocycles. The van der Waals surface area contributed by atoms with Crippen molar-refractivity contribution in [3.05, 3.63) is 87.7 Å². The van der Waals surface area contributed by atoms with E-state index in [1.165, 1.54) is 11.8 Å². The first kappa shape index (κ1) is 24.2. The van der Waals surface area contributed by atoms with Gasteiger partial charge in [-0.1, -0.05) is 66.7 Å². The summed E-state index contributed by atoms with van der Waals surface area (Å²) in [6.07, 6.45) is 1.20. The molecule has 0 bridgehead atoms. The molecular weight excluding hydrogens is 498 g/mol. The average molecular weight is 522 g/mol. The number of nitrogens with zero attached hydrogens (tertiary/aromatic N) is 2. The van der Waals surface area contributed by atoms with Crippen LogP contribution in [-0.4, -0.2) is 27.5 Å². The Morgan fingerprint density at radius 1 is 1.11 bits per heavy atom. The van der Waals surface area contributed by atoms with Crippen molar-refractivity contribution in [3.63, 3.8) is 0 Å². The van der Waals surface area contributed by atoms with Gasteiger partial charge in [0.2, 0.25) is 12.7 Å². The van der Waals surface area contributed by atoms with Crippen LogP contribution in [0.4, 0.5) is 5.69 Å². The molecule has 0 spiro atoms. The van der Waals surface area contributed by atoms with Crippen molar-refractivity contribution in [2.75, 3.05) is 12.1 Å². The van der Waals surface area contributed by atoms with Crippen LogP contribution in [0.25, 0.3) is 10.9 Å². The Balaban J connectivity index is 1.49. The normalized spacial score (nSPS) is 13.1. The zero-order valence-electron chi connectivity index (χ0n) is 19.6. The molecule has 36 heavy (non-hydrogen) atoms. The number of halogens is 1. The Morgan fingerprint density at radius 3 is 2.64 bits per heavy atom. The van der Waals surface area contributed by atoms with Crippen LogP contribution >= 0.6 is 23.4 Å². The van der Waals surface area contributed by atoms with Crippen molar-refractivity contribution in [1.82, 2.24) is 9.55 Å². The average Bonchev–Trinajstić information content (AvgIpc) is 3.34. The van der Waals surface area contributed by atoms with Gasteiger partial charge in [0, 0.05) is 23.3 Å². The van der Waals surface area contributed by atoms with Gasteiger partial charge in [-0.25, -0.2) is 4.98 Å². The summed E-state index contributed by atoms with van der Waals surface area (Å²) >= 11 is 7.35. The maximum Gasteiger partial charge on any atom is 0.262 e. The molecular formula is C27H24ClN3O4S. The Bertz CT molecular complexity index is 1480. The second-order valence-electron chi connectivity index (χ2n) is 8.32. The molecule has 0 aliphatic carbocycles. The number of ether oxygens (including phenoxy) is 2. The van der Waals surface area contributed by atoms with Crippen LogP contribution in [0.15, 0.2) is 76.7 Å².